The number of halogens is 3. The summed E-state index contributed by atoms with van der Waals surface area (Å²) in [6, 6.07) is 2.12. The van der Waals surface area contributed by atoms with Crippen LogP contribution in [0.3, 0.4) is 0 Å². The average Bonchev–Trinajstić information content (AvgIpc) is 3.52. The van der Waals surface area contributed by atoms with Crippen LogP contribution in [0.4, 0.5) is 19.0 Å². The van der Waals surface area contributed by atoms with E-state index in [1.807, 2.05) is 0 Å². The Morgan fingerprint density at radius 3 is 2.83 bits per heavy atom. The van der Waals surface area contributed by atoms with Crippen LogP contribution in [-0.4, -0.2) is 57.8 Å². The van der Waals surface area contributed by atoms with Gasteiger partial charge in [-0.2, -0.15) is 26.7 Å². The molecular formula is C20H21F3N6O5S2. The Hall–Kier alpha value is -2.92. The molecule has 0 aliphatic heterocycles. The highest BCUT2D eigenvalue weighted by Gasteiger charge is 2.35. The molecule has 0 unspecified atom stereocenters. The van der Waals surface area contributed by atoms with E-state index >= 15 is 0 Å². The predicted octanol–water partition coefficient (Wildman–Crippen LogP) is 1.80. The molecule has 194 valence electrons. The van der Waals surface area contributed by atoms with Crippen molar-refractivity contribution in [3.05, 3.63) is 57.9 Å². The van der Waals surface area contributed by atoms with Crippen molar-refractivity contribution < 1.29 is 35.7 Å². The second kappa shape index (κ2) is 10.2. The maximum Gasteiger partial charge on any atom is 0.435 e. The van der Waals surface area contributed by atoms with Gasteiger partial charge in [-0.1, -0.05) is 0 Å². The monoisotopic (exact) mass is 546 g/mol. The maximum absolute atomic E-state index is 13.2. The van der Waals surface area contributed by atoms with Crippen molar-refractivity contribution in [2.24, 2.45) is 11.1 Å². The summed E-state index contributed by atoms with van der Waals surface area (Å²) in [7, 11) is -4.13. The molecule has 4 rings (SSSR count). The summed E-state index contributed by atoms with van der Waals surface area (Å²) in [6.07, 6.45) is -0.959. The number of hydrogen-bond acceptors (Lipinski definition) is 10. The summed E-state index contributed by atoms with van der Waals surface area (Å²) < 4.78 is 66.1. The molecular weight excluding hydrogens is 525 g/mol. The van der Waals surface area contributed by atoms with E-state index in [4.69, 9.17) is 5.14 Å². The zero-order chi connectivity index (χ0) is 26.1. The fourth-order valence-electron chi connectivity index (χ4n) is 3.88. The Balaban J connectivity index is 1.43. The summed E-state index contributed by atoms with van der Waals surface area (Å²) in [5.41, 5.74) is -0.229. The van der Waals surface area contributed by atoms with Gasteiger partial charge in [0.25, 0.3) is 0 Å². The minimum absolute atomic E-state index is 0.0538. The normalized spacial score (nSPS) is 20.5. The van der Waals surface area contributed by atoms with Crippen LogP contribution in [0, 0.1) is 5.92 Å². The Labute approximate surface area is 207 Å². The van der Waals surface area contributed by atoms with E-state index in [-0.39, 0.29) is 37.0 Å². The number of aromatic nitrogens is 4. The lowest BCUT2D eigenvalue weighted by Gasteiger charge is -2.15. The van der Waals surface area contributed by atoms with Crippen molar-refractivity contribution >= 4 is 33.2 Å². The van der Waals surface area contributed by atoms with Crippen LogP contribution < -0.4 is 10.5 Å². The number of aliphatic hydroxyl groups is 1. The summed E-state index contributed by atoms with van der Waals surface area (Å²) >= 11 is 1.12. The number of alkyl halides is 3. The molecule has 36 heavy (non-hydrogen) atoms. The second-order valence-electron chi connectivity index (χ2n) is 8.25. The molecule has 3 heterocycles. The lowest BCUT2D eigenvalue weighted by Crippen LogP contribution is -2.24. The number of nitrogens with two attached hydrogens (primary N) is 1. The number of hydrogen-bond donors (Lipinski definition) is 3. The molecule has 0 saturated heterocycles. The topological polar surface area (TPSA) is 162 Å². The van der Waals surface area contributed by atoms with Crippen molar-refractivity contribution in [3.8, 4) is 0 Å². The number of anilines is 1. The Kier molecular flexibility index (Phi) is 7.42. The van der Waals surface area contributed by atoms with Crippen LogP contribution in [0.2, 0.25) is 0 Å². The minimum atomic E-state index is -4.54. The molecule has 1 aliphatic rings. The number of nitrogens with zero attached hydrogens (tertiary/aromatic N) is 4. The standard InChI is InChI=1S/C20H21F3N6O5S2/c21-20(22,23)17-1-2-29(28-17)7-11-3-16(35-9-11)18(31)14-6-25-10-26-19(14)27-13-4-12(15(30)5-13)8-34-36(24,32)33/h1-3,6,9-10,12-13,15,30H,4-5,7-8H2,(H2,24,32,33)(H,25,26,27)/t12-,13-,15+/m1/s1. The molecule has 0 aromatic carbocycles. The zero-order valence-electron chi connectivity index (χ0n) is 18.4. The van der Waals surface area contributed by atoms with Gasteiger partial charge in [-0.15, -0.1) is 11.3 Å². The molecule has 16 heteroatoms. The highest BCUT2D eigenvalue weighted by atomic mass is 32.2. The predicted molar refractivity (Wildman–Crippen MR) is 121 cm³/mol. The van der Waals surface area contributed by atoms with E-state index in [1.54, 1.807) is 11.4 Å². The molecule has 3 aromatic rings. The van der Waals surface area contributed by atoms with Gasteiger partial charge in [0.15, 0.2) is 5.69 Å². The van der Waals surface area contributed by atoms with Gasteiger partial charge in [-0.25, -0.2) is 15.1 Å². The number of thiophene rings is 1. The molecule has 1 saturated carbocycles. The lowest BCUT2D eigenvalue weighted by atomic mass is 10.1. The van der Waals surface area contributed by atoms with Gasteiger partial charge in [0.1, 0.15) is 12.1 Å². The van der Waals surface area contributed by atoms with Crippen LogP contribution in [0.15, 0.2) is 36.2 Å². The summed E-state index contributed by atoms with van der Waals surface area (Å²) in [4.78, 5) is 21.5. The quantitative estimate of drug-likeness (QED) is 0.340. The molecule has 3 aromatic heterocycles. The maximum atomic E-state index is 13.2. The molecule has 0 spiro atoms. The number of ketones is 1. The smallest absolute Gasteiger partial charge is 0.393 e. The van der Waals surface area contributed by atoms with Crippen LogP contribution in [0.5, 0.6) is 0 Å². The molecule has 3 atom stereocenters. The first-order valence-corrected chi connectivity index (χ1v) is 12.9. The first-order chi connectivity index (χ1) is 16.9. The van der Waals surface area contributed by atoms with Gasteiger partial charge in [-0.3, -0.25) is 13.7 Å². The van der Waals surface area contributed by atoms with Crippen LogP contribution in [0.25, 0.3) is 0 Å². The molecule has 11 nitrogen and oxygen atoms in total. The van der Waals surface area contributed by atoms with Gasteiger partial charge in [-0.05, 0) is 35.9 Å². The number of rotatable bonds is 9. The van der Waals surface area contributed by atoms with E-state index in [0.717, 1.165) is 22.1 Å². The van der Waals surface area contributed by atoms with Crippen LogP contribution >= 0.6 is 11.3 Å². The number of nitrogens with one attached hydrogen (secondary N) is 1. The Morgan fingerprint density at radius 2 is 2.14 bits per heavy atom. The summed E-state index contributed by atoms with van der Waals surface area (Å²) in [6.45, 7) is -0.218. The van der Waals surface area contributed by atoms with E-state index in [9.17, 15) is 31.5 Å². The number of carbonyl (C=O) groups excluding carboxylic acids is 1. The third-order valence-corrected chi connectivity index (χ3v) is 7.00. The van der Waals surface area contributed by atoms with Crippen LogP contribution in [0.1, 0.15) is 39.3 Å². The first kappa shape index (κ1) is 26.2. The van der Waals surface area contributed by atoms with Crippen molar-refractivity contribution in [2.75, 3.05) is 11.9 Å². The van der Waals surface area contributed by atoms with Crippen molar-refractivity contribution in [3.63, 3.8) is 0 Å². The minimum Gasteiger partial charge on any atom is -0.393 e. The van der Waals surface area contributed by atoms with Gasteiger partial charge in [0.05, 0.1) is 29.7 Å². The number of aliphatic hydroxyl groups excluding tert-OH is 1. The summed E-state index contributed by atoms with van der Waals surface area (Å²) in [5.74, 6) is -0.641. The molecule has 0 amide bonds. The Morgan fingerprint density at radius 1 is 1.36 bits per heavy atom. The third kappa shape index (κ3) is 6.44. The third-order valence-electron chi connectivity index (χ3n) is 5.55. The van der Waals surface area contributed by atoms with E-state index in [0.29, 0.717) is 16.9 Å². The van der Waals surface area contributed by atoms with Crippen molar-refractivity contribution in [1.29, 1.82) is 0 Å². The SMILES string of the molecule is NS(=O)(=O)OC[C@H]1C[C@@H](Nc2ncncc2C(=O)c2cc(Cn3ccc(C(F)(F)F)n3)cs2)C[C@@H]1O. The van der Waals surface area contributed by atoms with Crippen molar-refractivity contribution in [2.45, 2.75) is 37.7 Å². The van der Waals surface area contributed by atoms with E-state index in [2.05, 4.69) is 24.6 Å². The molecule has 4 N–H and O–H groups in total. The molecule has 0 radical (unpaired) electrons. The number of carbonyl (C=O) groups is 1. The van der Waals surface area contributed by atoms with Gasteiger partial charge < -0.3 is 10.4 Å². The molecule has 1 fully saturated rings. The lowest BCUT2D eigenvalue weighted by molar-refractivity contribution is -0.141. The second-order valence-corrected chi connectivity index (χ2v) is 10.4. The molecule has 1 aliphatic carbocycles. The largest absolute Gasteiger partial charge is 0.435 e. The van der Waals surface area contributed by atoms with Gasteiger partial charge >= 0.3 is 16.5 Å². The highest BCUT2D eigenvalue weighted by Crippen LogP contribution is 2.31. The van der Waals surface area contributed by atoms with Gasteiger partial charge in [0, 0.05) is 24.4 Å². The van der Waals surface area contributed by atoms with E-state index in [1.165, 1.54) is 18.7 Å². The Bertz CT molecular complexity index is 1340. The van der Waals surface area contributed by atoms with Crippen molar-refractivity contribution in [1.82, 2.24) is 19.7 Å². The fraction of sp³-hybridized carbons (Fsp3) is 0.400. The zero-order valence-corrected chi connectivity index (χ0v) is 20.1. The van der Waals surface area contributed by atoms with E-state index < -0.39 is 40.0 Å². The first-order valence-electron chi connectivity index (χ1n) is 10.5. The fourth-order valence-corrected chi connectivity index (χ4v) is 5.11. The average molecular weight is 547 g/mol. The van der Waals surface area contributed by atoms with Gasteiger partial charge in [0.2, 0.25) is 5.78 Å². The highest BCUT2D eigenvalue weighted by molar-refractivity contribution is 7.84. The molecule has 0 bridgehead atoms. The van der Waals surface area contributed by atoms with Crippen LogP contribution in [-0.2, 0) is 27.2 Å². The summed E-state index contributed by atoms with van der Waals surface area (Å²) in [5, 5.41) is 23.3.